The molecule has 162 valence electrons. The van der Waals surface area contributed by atoms with Crippen molar-refractivity contribution in [3.8, 4) is 10.4 Å². The van der Waals surface area contributed by atoms with E-state index >= 15 is 0 Å². The number of rotatable bonds is 7. The zero-order valence-corrected chi connectivity index (χ0v) is 19.3. The van der Waals surface area contributed by atoms with Crippen molar-refractivity contribution < 1.29 is 4.79 Å². The van der Waals surface area contributed by atoms with Gasteiger partial charge in [0.05, 0.1) is 17.3 Å². The third-order valence-corrected chi connectivity index (χ3v) is 7.67. The molecule has 1 amide bonds. The Labute approximate surface area is 194 Å². The number of thioether (sulfide) groups is 1. The fraction of sp³-hybridized carbons (Fsp3) is 0.240. The van der Waals surface area contributed by atoms with E-state index in [-0.39, 0.29) is 16.7 Å². The SMILES string of the molecule is CC(Sc1nc2cc(-c3ccccc3)sc2c(=O)n1Cc1ccccc1)C(=O)NC1CC1. The molecule has 4 aromatic rings. The maximum atomic E-state index is 13.6. The quantitative estimate of drug-likeness (QED) is 0.313. The molecule has 0 radical (unpaired) electrons. The third-order valence-electron chi connectivity index (χ3n) is 5.42. The maximum absolute atomic E-state index is 13.6. The Morgan fingerprint density at radius 3 is 2.53 bits per heavy atom. The molecule has 2 aromatic heterocycles. The van der Waals surface area contributed by atoms with Gasteiger partial charge in [0.25, 0.3) is 5.56 Å². The van der Waals surface area contributed by atoms with Gasteiger partial charge in [0, 0.05) is 10.9 Å². The Kier molecular flexibility index (Phi) is 5.85. The number of carbonyl (C=O) groups excluding carboxylic acids is 1. The maximum Gasteiger partial charge on any atom is 0.272 e. The molecule has 2 aromatic carbocycles. The summed E-state index contributed by atoms with van der Waals surface area (Å²) in [7, 11) is 0. The molecular weight excluding hydrogens is 438 g/mol. The average molecular weight is 462 g/mol. The molecule has 1 aliphatic rings. The zero-order valence-electron chi connectivity index (χ0n) is 17.7. The number of thiophene rings is 1. The van der Waals surface area contributed by atoms with Crippen LogP contribution in [0.1, 0.15) is 25.3 Å². The van der Waals surface area contributed by atoms with Gasteiger partial charge < -0.3 is 5.32 Å². The molecule has 32 heavy (non-hydrogen) atoms. The topological polar surface area (TPSA) is 64.0 Å². The summed E-state index contributed by atoms with van der Waals surface area (Å²) < 4.78 is 2.34. The van der Waals surface area contributed by atoms with Crippen LogP contribution in [0.3, 0.4) is 0 Å². The van der Waals surface area contributed by atoms with Crippen LogP contribution in [-0.2, 0) is 11.3 Å². The predicted octanol–water partition coefficient (Wildman–Crippen LogP) is 4.93. The molecular formula is C25H23N3O2S2. The largest absolute Gasteiger partial charge is 0.352 e. The molecule has 1 saturated carbocycles. The van der Waals surface area contributed by atoms with Gasteiger partial charge >= 0.3 is 0 Å². The summed E-state index contributed by atoms with van der Waals surface area (Å²) in [6, 6.07) is 22.2. The number of nitrogens with zero attached hydrogens (tertiary/aromatic N) is 2. The molecule has 1 N–H and O–H groups in total. The fourth-order valence-corrected chi connectivity index (χ4v) is 5.46. The van der Waals surface area contributed by atoms with Crippen molar-refractivity contribution >= 4 is 39.2 Å². The molecule has 0 bridgehead atoms. The van der Waals surface area contributed by atoms with Crippen molar-refractivity contribution in [2.24, 2.45) is 0 Å². The zero-order chi connectivity index (χ0) is 22.1. The second kappa shape index (κ2) is 8.92. The second-order valence-electron chi connectivity index (χ2n) is 8.01. The van der Waals surface area contributed by atoms with Crippen molar-refractivity contribution in [1.82, 2.24) is 14.9 Å². The first-order valence-corrected chi connectivity index (χ1v) is 12.4. The first kappa shape index (κ1) is 21.0. The van der Waals surface area contributed by atoms with E-state index in [4.69, 9.17) is 4.98 Å². The number of benzene rings is 2. The molecule has 7 heteroatoms. The highest BCUT2D eigenvalue weighted by Gasteiger charge is 2.27. The summed E-state index contributed by atoms with van der Waals surface area (Å²) in [5.74, 6) is -0.00611. The van der Waals surface area contributed by atoms with Gasteiger partial charge in [-0.1, -0.05) is 72.4 Å². The van der Waals surface area contributed by atoms with Crippen molar-refractivity contribution in [2.75, 3.05) is 0 Å². The minimum Gasteiger partial charge on any atom is -0.352 e. The number of carbonyl (C=O) groups is 1. The molecule has 0 saturated heterocycles. The number of amides is 1. The molecule has 5 nitrogen and oxygen atoms in total. The van der Waals surface area contributed by atoms with Gasteiger partial charge in [-0.05, 0) is 37.0 Å². The molecule has 5 rings (SSSR count). The summed E-state index contributed by atoms with van der Waals surface area (Å²) in [5, 5.41) is 3.28. The number of hydrogen-bond donors (Lipinski definition) is 1. The van der Waals surface area contributed by atoms with Crippen LogP contribution in [-0.4, -0.2) is 26.8 Å². The van der Waals surface area contributed by atoms with E-state index in [9.17, 15) is 9.59 Å². The number of hydrogen-bond acceptors (Lipinski definition) is 5. The van der Waals surface area contributed by atoms with Gasteiger partial charge in [0.1, 0.15) is 4.70 Å². The lowest BCUT2D eigenvalue weighted by molar-refractivity contribution is -0.120. The van der Waals surface area contributed by atoms with Crippen molar-refractivity contribution in [2.45, 2.75) is 42.8 Å². The molecule has 2 heterocycles. The van der Waals surface area contributed by atoms with Gasteiger partial charge in [0.15, 0.2) is 5.16 Å². The van der Waals surface area contributed by atoms with Crippen LogP contribution in [0.5, 0.6) is 0 Å². The molecule has 0 aliphatic heterocycles. The van der Waals surface area contributed by atoms with Crippen LogP contribution >= 0.6 is 23.1 Å². The van der Waals surface area contributed by atoms with Crippen LogP contribution in [0.2, 0.25) is 0 Å². The molecule has 1 atom stereocenters. The van der Waals surface area contributed by atoms with Crippen LogP contribution in [0.25, 0.3) is 20.7 Å². The summed E-state index contributed by atoms with van der Waals surface area (Å²) >= 11 is 2.81. The first-order valence-electron chi connectivity index (χ1n) is 10.7. The predicted molar refractivity (Wildman–Crippen MR) is 131 cm³/mol. The smallest absolute Gasteiger partial charge is 0.272 e. The minimum atomic E-state index is -0.339. The monoisotopic (exact) mass is 461 g/mol. The highest BCUT2D eigenvalue weighted by Crippen LogP contribution is 2.33. The Balaban J connectivity index is 1.56. The van der Waals surface area contributed by atoms with E-state index in [0.29, 0.717) is 28.0 Å². The lowest BCUT2D eigenvalue weighted by atomic mass is 10.2. The van der Waals surface area contributed by atoms with Gasteiger partial charge in [-0.15, -0.1) is 11.3 Å². The summed E-state index contributed by atoms with van der Waals surface area (Å²) in [6.45, 7) is 2.29. The molecule has 1 fully saturated rings. The molecule has 1 unspecified atom stereocenters. The van der Waals surface area contributed by atoms with E-state index in [1.807, 2.05) is 73.7 Å². The van der Waals surface area contributed by atoms with Crippen molar-refractivity contribution in [3.05, 3.63) is 82.6 Å². The first-order chi connectivity index (χ1) is 15.6. The summed E-state index contributed by atoms with van der Waals surface area (Å²) in [4.78, 5) is 32.0. The Morgan fingerprint density at radius 1 is 1.16 bits per heavy atom. The van der Waals surface area contributed by atoms with E-state index in [1.54, 1.807) is 4.57 Å². The van der Waals surface area contributed by atoms with Gasteiger partial charge in [0.2, 0.25) is 5.91 Å². The van der Waals surface area contributed by atoms with E-state index in [2.05, 4.69) is 5.32 Å². The van der Waals surface area contributed by atoms with Crippen molar-refractivity contribution in [1.29, 1.82) is 0 Å². The third kappa shape index (κ3) is 4.49. The highest BCUT2D eigenvalue weighted by molar-refractivity contribution is 8.00. The van der Waals surface area contributed by atoms with E-state index < -0.39 is 0 Å². The number of nitrogens with one attached hydrogen (secondary N) is 1. The van der Waals surface area contributed by atoms with Crippen LogP contribution in [0.4, 0.5) is 0 Å². The highest BCUT2D eigenvalue weighted by atomic mass is 32.2. The summed E-state index contributed by atoms with van der Waals surface area (Å²) in [5.41, 5.74) is 2.70. The van der Waals surface area contributed by atoms with E-state index in [1.165, 1.54) is 23.1 Å². The molecule has 0 spiro atoms. The normalized spacial score (nSPS) is 14.4. The number of aromatic nitrogens is 2. The van der Waals surface area contributed by atoms with Crippen LogP contribution in [0.15, 0.2) is 76.7 Å². The van der Waals surface area contributed by atoms with E-state index in [0.717, 1.165) is 28.8 Å². The second-order valence-corrected chi connectivity index (χ2v) is 10.4. The van der Waals surface area contributed by atoms with Crippen LogP contribution < -0.4 is 10.9 Å². The average Bonchev–Trinajstić information content (AvgIpc) is 3.52. The van der Waals surface area contributed by atoms with Gasteiger partial charge in [-0.25, -0.2) is 4.98 Å². The van der Waals surface area contributed by atoms with Gasteiger partial charge in [-0.2, -0.15) is 0 Å². The van der Waals surface area contributed by atoms with Crippen LogP contribution in [0, 0.1) is 0 Å². The number of fused-ring (bicyclic) bond motifs is 1. The lowest BCUT2D eigenvalue weighted by Gasteiger charge is -2.15. The van der Waals surface area contributed by atoms with Crippen molar-refractivity contribution in [3.63, 3.8) is 0 Å². The Bertz CT molecular complexity index is 1310. The van der Waals surface area contributed by atoms with Gasteiger partial charge in [-0.3, -0.25) is 14.2 Å². The standard InChI is InChI=1S/C25H23N3O2S2/c1-16(23(29)26-19-12-13-19)31-25-27-20-14-21(18-10-6-3-7-11-18)32-22(20)24(30)28(25)15-17-8-4-2-5-9-17/h2-11,14,16,19H,12-13,15H2,1H3,(H,26,29). The molecule has 1 aliphatic carbocycles. The Morgan fingerprint density at radius 2 is 1.84 bits per heavy atom. The summed E-state index contributed by atoms with van der Waals surface area (Å²) in [6.07, 6.45) is 2.09. The Hall–Kier alpha value is -2.90. The lowest BCUT2D eigenvalue weighted by Crippen LogP contribution is -2.33. The minimum absolute atomic E-state index is 0.00611. The fourth-order valence-electron chi connectivity index (χ4n) is 3.49.